The monoisotopic (exact) mass is 531 g/mol. The Kier molecular flexibility index (Phi) is 7.39. The Balaban J connectivity index is 1.11. The molecular weight excluding hydrogens is 494 g/mol. The zero-order chi connectivity index (χ0) is 26.2. The Labute approximate surface area is 218 Å². The van der Waals surface area contributed by atoms with E-state index in [4.69, 9.17) is 0 Å². The average Bonchev–Trinajstić information content (AvgIpc) is 3.57. The number of nitrogens with zero attached hydrogens (tertiary/aromatic N) is 6. The summed E-state index contributed by atoms with van der Waals surface area (Å²) in [6.07, 6.45) is 7.75. The standard InChI is InChI=1S/C25H37N7O4S/c1-3-30-12-13-31(25(34)24(30)33)14-19-9-11-32(15-19)37(35,36)16-18-4-6-20(7-5-18)29(2)23-21-8-10-26-22(21)27-17-28-23/h8,10,17-20H,3-7,9,11-16H2,1-2H3,(H,26,27,28)/t18-,19?,20-. The van der Waals surface area contributed by atoms with Gasteiger partial charge in [0, 0.05) is 58.6 Å². The van der Waals surface area contributed by atoms with Gasteiger partial charge in [0.15, 0.2) is 0 Å². The van der Waals surface area contributed by atoms with Crippen molar-refractivity contribution in [3.05, 3.63) is 18.6 Å². The fourth-order valence-corrected chi connectivity index (χ4v) is 8.08. The normalized spacial score (nSPS) is 25.8. The topological polar surface area (TPSA) is 123 Å². The summed E-state index contributed by atoms with van der Waals surface area (Å²) >= 11 is 0. The first-order chi connectivity index (χ1) is 17.8. The van der Waals surface area contributed by atoms with Gasteiger partial charge >= 0.3 is 11.8 Å². The third-order valence-electron chi connectivity index (χ3n) is 8.38. The van der Waals surface area contributed by atoms with Gasteiger partial charge in [-0.25, -0.2) is 22.7 Å². The second-order valence-electron chi connectivity index (χ2n) is 10.6. The third kappa shape index (κ3) is 5.31. The van der Waals surface area contributed by atoms with Gasteiger partial charge in [-0.1, -0.05) is 0 Å². The van der Waals surface area contributed by atoms with E-state index in [0.717, 1.165) is 49.0 Å². The first-order valence-corrected chi connectivity index (χ1v) is 14.9. The van der Waals surface area contributed by atoms with Gasteiger partial charge in [0.2, 0.25) is 10.0 Å². The van der Waals surface area contributed by atoms with Crippen molar-refractivity contribution in [1.82, 2.24) is 29.1 Å². The molecule has 12 heteroatoms. The van der Waals surface area contributed by atoms with E-state index in [-0.39, 0.29) is 17.6 Å². The van der Waals surface area contributed by atoms with E-state index in [1.807, 2.05) is 19.2 Å². The van der Waals surface area contributed by atoms with E-state index in [0.29, 0.717) is 45.3 Å². The van der Waals surface area contributed by atoms with Crippen LogP contribution in [0.2, 0.25) is 0 Å². The Bertz CT molecular complexity index is 1240. The summed E-state index contributed by atoms with van der Waals surface area (Å²) in [7, 11) is -1.31. The van der Waals surface area contributed by atoms with Crippen LogP contribution < -0.4 is 4.90 Å². The molecule has 1 atom stereocenters. The number of amides is 2. The van der Waals surface area contributed by atoms with Crippen LogP contribution in [0.5, 0.6) is 0 Å². The quantitative estimate of drug-likeness (QED) is 0.509. The van der Waals surface area contributed by atoms with Gasteiger partial charge in [0.1, 0.15) is 17.8 Å². The number of nitrogens with one attached hydrogen (secondary N) is 1. The van der Waals surface area contributed by atoms with Gasteiger partial charge in [0.05, 0.1) is 11.1 Å². The zero-order valence-corrected chi connectivity index (χ0v) is 22.5. The number of aromatic nitrogens is 3. The number of anilines is 1. The lowest BCUT2D eigenvalue weighted by atomic mass is 9.86. The number of carbonyl (C=O) groups excluding carboxylic acids is 2. The number of fused-ring (bicyclic) bond motifs is 1. The lowest BCUT2D eigenvalue weighted by Gasteiger charge is -2.36. The van der Waals surface area contributed by atoms with Crippen LogP contribution in [0, 0.1) is 11.8 Å². The van der Waals surface area contributed by atoms with Crippen LogP contribution in [0.4, 0.5) is 5.82 Å². The maximum atomic E-state index is 13.2. The number of carbonyl (C=O) groups is 2. The van der Waals surface area contributed by atoms with Crippen LogP contribution in [0.1, 0.15) is 39.0 Å². The van der Waals surface area contributed by atoms with Crippen LogP contribution in [0.25, 0.3) is 11.0 Å². The predicted octanol–water partition coefficient (Wildman–Crippen LogP) is 1.30. The molecule has 2 amide bonds. The Morgan fingerprint density at radius 3 is 2.49 bits per heavy atom. The van der Waals surface area contributed by atoms with Gasteiger partial charge < -0.3 is 19.7 Å². The molecule has 202 valence electrons. The molecule has 2 aromatic rings. The number of rotatable bonds is 8. The van der Waals surface area contributed by atoms with Crippen molar-refractivity contribution >= 4 is 38.7 Å². The minimum atomic E-state index is -3.37. The molecular formula is C25H37N7O4S. The van der Waals surface area contributed by atoms with E-state index in [9.17, 15) is 18.0 Å². The predicted molar refractivity (Wildman–Crippen MR) is 140 cm³/mol. The van der Waals surface area contributed by atoms with Crippen molar-refractivity contribution in [2.24, 2.45) is 11.8 Å². The van der Waals surface area contributed by atoms with Crippen molar-refractivity contribution in [1.29, 1.82) is 0 Å². The molecule has 1 N–H and O–H groups in total. The van der Waals surface area contributed by atoms with Gasteiger partial charge in [-0.2, -0.15) is 0 Å². The minimum Gasteiger partial charge on any atom is -0.356 e. The third-order valence-corrected chi connectivity index (χ3v) is 10.4. The van der Waals surface area contributed by atoms with Crippen LogP contribution in [-0.2, 0) is 19.6 Å². The van der Waals surface area contributed by atoms with E-state index in [1.54, 1.807) is 20.4 Å². The largest absolute Gasteiger partial charge is 0.356 e. The van der Waals surface area contributed by atoms with Crippen molar-refractivity contribution in [2.75, 3.05) is 57.0 Å². The molecule has 5 rings (SSSR count). The molecule has 11 nitrogen and oxygen atoms in total. The molecule has 1 unspecified atom stereocenters. The number of piperazine rings is 1. The van der Waals surface area contributed by atoms with Crippen molar-refractivity contribution in [2.45, 2.75) is 45.1 Å². The van der Waals surface area contributed by atoms with Crippen LogP contribution >= 0.6 is 0 Å². The lowest BCUT2D eigenvalue weighted by molar-refractivity contribution is -0.156. The highest BCUT2D eigenvalue weighted by Crippen LogP contribution is 2.33. The number of aromatic amines is 1. The average molecular weight is 532 g/mol. The number of H-pyrrole nitrogens is 1. The molecule has 4 heterocycles. The van der Waals surface area contributed by atoms with E-state index >= 15 is 0 Å². The van der Waals surface area contributed by atoms with Gasteiger partial charge in [0.25, 0.3) is 0 Å². The summed E-state index contributed by atoms with van der Waals surface area (Å²) in [4.78, 5) is 41.9. The van der Waals surface area contributed by atoms with E-state index in [1.165, 1.54) is 0 Å². The molecule has 3 fully saturated rings. The minimum absolute atomic E-state index is 0.0715. The molecule has 2 aromatic heterocycles. The fourth-order valence-electron chi connectivity index (χ4n) is 6.12. The molecule has 0 bridgehead atoms. The molecule has 0 radical (unpaired) electrons. The molecule has 0 aromatic carbocycles. The van der Waals surface area contributed by atoms with Crippen molar-refractivity contribution < 1.29 is 18.0 Å². The molecule has 2 saturated heterocycles. The second-order valence-corrected chi connectivity index (χ2v) is 12.7. The Morgan fingerprint density at radius 1 is 1.00 bits per heavy atom. The van der Waals surface area contributed by atoms with Crippen molar-refractivity contribution in [3.63, 3.8) is 0 Å². The van der Waals surface area contributed by atoms with Crippen molar-refractivity contribution in [3.8, 4) is 0 Å². The molecule has 2 aliphatic heterocycles. The van der Waals surface area contributed by atoms with Gasteiger partial charge in [-0.05, 0) is 56.9 Å². The van der Waals surface area contributed by atoms with Crippen LogP contribution in [-0.4, -0.2) is 107 Å². The second kappa shape index (κ2) is 10.6. The maximum Gasteiger partial charge on any atom is 0.312 e. The van der Waals surface area contributed by atoms with Crippen LogP contribution in [0.3, 0.4) is 0 Å². The SMILES string of the molecule is CCN1CCN(CC2CCN(S(=O)(=O)C[C@H]3CC[C@H](N(C)c4ncnc5[nH]ccc45)CC3)C2)C(=O)C1=O. The first-order valence-electron chi connectivity index (χ1n) is 13.3. The molecule has 1 aliphatic carbocycles. The molecule has 37 heavy (non-hydrogen) atoms. The number of sulfonamides is 1. The highest BCUT2D eigenvalue weighted by molar-refractivity contribution is 7.89. The maximum absolute atomic E-state index is 13.2. The lowest BCUT2D eigenvalue weighted by Crippen LogP contribution is -2.55. The molecule has 0 spiro atoms. The molecule has 3 aliphatic rings. The smallest absolute Gasteiger partial charge is 0.312 e. The number of likely N-dealkylation sites (N-methyl/N-ethyl adjacent to an activating group) is 1. The van der Waals surface area contributed by atoms with E-state index in [2.05, 4.69) is 26.9 Å². The van der Waals surface area contributed by atoms with Gasteiger partial charge in [-0.3, -0.25) is 9.59 Å². The zero-order valence-electron chi connectivity index (χ0n) is 21.7. The Morgan fingerprint density at radius 2 is 1.73 bits per heavy atom. The number of hydrogen-bond acceptors (Lipinski definition) is 7. The Hall–Kier alpha value is -2.73. The highest BCUT2D eigenvalue weighted by atomic mass is 32.2. The highest BCUT2D eigenvalue weighted by Gasteiger charge is 2.38. The van der Waals surface area contributed by atoms with Gasteiger partial charge in [-0.15, -0.1) is 0 Å². The fraction of sp³-hybridized carbons (Fsp3) is 0.680. The summed E-state index contributed by atoms with van der Waals surface area (Å²) in [5, 5.41) is 0.997. The summed E-state index contributed by atoms with van der Waals surface area (Å²) in [5.41, 5.74) is 0.819. The summed E-state index contributed by atoms with van der Waals surface area (Å²) in [6.45, 7) is 4.82. The summed E-state index contributed by atoms with van der Waals surface area (Å²) < 4.78 is 28.1. The van der Waals surface area contributed by atoms with E-state index < -0.39 is 21.8 Å². The summed E-state index contributed by atoms with van der Waals surface area (Å²) in [6, 6.07) is 2.30. The summed E-state index contributed by atoms with van der Waals surface area (Å²) in [5.74, 6) is 0.389. The molecule has 1 saturated carbocycles. The van der Waals surface area contributed by atoms with Crippen LogP contribution in [0.15, 0.2) is 18.6 Å². The first kappa shape index (κ1) is 25.9. The number of hydrogen-bond donors (Lipinski definition) is 1.